The SMILES string of the molecule is O=C(O)c1cc(-c2ccc(F)cc2)n(-c2ccc([N+](=O)[O-])cc2)n1. The zero-order valence-corrected chi connectivity index (χ0v) is 12.1. The molecule has 0 fully saturated rings. The highest BCUT2D eigenvalue weighted by Crippen LogP contribution is 2.25. The first-order valence-corrected chi connectivity index (χ1v) is 6.80. The smallest absolute Gasteiger partial charge is 0.356 e. The minimum atomic E-state index is -1.21. The van der Waals surface area contributed by atoms with Crippen molar-refractivity contribution in [2.24, 2.45) is 0 Å². The van der Waals surface area contributed by atoms with Crippen molar-refractivity contribution in [2.75, 3.05) is 0 Å². The summed E-state index contributed by atoms with van der Waals surface area (Å²) in [5.41, 5.74) is 1.17. The molecule has 7 nitrogen and oxygen atoms in total. The average Bonchev–Trinajstić information content (AvgIpc) is 3.01. The van der Waals surface area contributed by atoms with Crippen molar-refractivity contribution in [1.82, 2.24) is 9.78 Å². The number of nitro benzene ring substituents is 1. The fourth-order valence-corrected chi connectivity index (χ4v) is 2.22. The van der Waals surface area contributed by atoms with E-state index in [2.05, 4.69) is 5.10 Å². The van der Waals surface area contributed by atoms with Crippen LogP contribution in [0.3, 0.4) is 0 Å². The van der Waals surface area contributed by atoms with E-state index < -0.39 is 16.7 Å². The lowest BCUT2D eigenvalue weighted by atomic mass is 10.1. The predicted octanol–water partition coefficient (Wildman–Crippen LogP) is 3.28. The molecule has 0 amide bonds. The number of aromatic carboxylic acids is 1. The Hall–Kier alpha value is -3.55. The highest BCUT2D eigenvalue weighted by Gasteiger charge is 2.16. The van der Waals surface area contributed by atoms with Crippen molar-refractivity contribution in [3.63, 3.8) is 0 Å². The van der Waals surface area contributed by atoms with Gasteiger partial charge in [-0.3, -0.25) is 10.1 Å². The van der Waals surface area contributed by atoms with Crippen LogP contribution in [-0.2, 0) is 0 Å². The minimum absolute atomic E-state index is 0.0901. The summed E-state index contributed by atoms with van der Waals surface area (Å²) in [5.74, 6) is -1.63. The Morgan fingerprint density at radius 3 is 2.29 bits per heavy atom. The molecule has 0 spiro atoms. The van der Waals surface area contributed by atoms with E-state index >= 15 is 0 Å². The van der Waals surface area contributed by atoms with Gasteiger partial charge in [-0.2, -0.15) is 5.10 Å². The minimum Gasteiger partial charge on any atom is -0.476 e. The van der Waals surface area contributed by atoms with E-state index in [0.717, 1.165) is 0 Å². The molecule has 0 bridgehead atoms. The van der Waals surface area contributed by atoms with Crippen molar-refractivity contribution in [3.05, 3.63) is 76.2 Å². The second kappa shape index (κ2) is 5.92. The second-order valence-corrected chi connectivity index (χ2v) is 4.91. The van der Waals surface area contributed by atoms with Crippen LogP contribution in [0.5, 0.6) is 0 Å². The monoisotopic (exact) mass is 327 g/mol. The van der Waals surface area contributed by atoms with Crippen LogP contribution in [0.1, 0.15) is 10.5 Å². The first-order valence-electron chi connectivity index (χ1n) is 6.80. The van der Waals surface area contributed by atoms with Gasteiger partial charge in [0.05, 0.1) is 16.3 Å². The number of benzene rings is 2. The molecular formula is C16H10FN3O4. The van der Waals surface area contributed by atoms with E-state index in [1.807, 2.05) is 0 Å². The Labute approximate surface area is 134 Å². The molecule has 0 aliphatic carbocycles. The molecule has 0 atom stereocenters. The van der Waals surface area contributed by atoms with Gasteiger partial charge in [0, 0.05) is 17.7 Å². The number of carbonyl (C=O) groups is 1. The largest absolute Gasteiger partial charge is 0.476 e. The summed E-state index contributed by atoms with van der Waals surface area (Å²) >= 11 is 0. The van der Waals surface area contributed by atoms with Gasteiger partial charge in [-0.1, -0.05) is 0 Å². The molecule has 0 saturated carbocycles. The highest BCUT2D eigenvalue weighted by molar-refractivity contribution is 5.87. The van der Waals surface area contributed by atoms with Gasteiger partial charge < -0.3 is 5.11 Å². The van der Waals surface area contributed by atoms with Gasteiger partial charge in [-0.25, -0.2) is 13.9 Å². The number of hydrogen-bond donors (Lipinski definition) is 1. The molecule has 120 valence electrons. The molecule has 0 radical (unpaired) electrons. The van der Waals surface area contributed by atoms with Gasteiger partial charge in [-0.15, -0.1) is 0 Å². The topological polar surface area (TPSA) is 98.3 Å². The summed E-state index contributed by atoms with van der Waals surface area (Å²) in [4.78, 5) is 21.4. The Morgan fingerprint density at radius 1 is 1.12 bits per heavy atom. The summed E-state index contributed by atoms with van der Waals surface area (Å²) < 4.78 is 14.4. The standard InChI is InChI=1S/C16H10FN3O4/c17-11-3-1-10(2-4-11)15-9-14(16(21)22)18-19(15)12-5-7-13(8-6-12)20(23)24/h1-9H,(H,21,22). The van der Waals surface area contributed by atoms with Crippen molar-refractivity contribution in [2.45, 2.75) is 0 Å². The van der Waals surface area contributed by atoms with Crippen molar-refractivity contribution in [3.8, 4) is 16.9 Å². The molecule has 0 unspecified atom stereocenters. The van der Waals surface area contributed by atoms with E-state index in [9.17, 15) is 19.3 Å². The van der Waals surface area contributed by atoms with E-state index in [1.54, 1.807) is 0 Å². The predicted molar refractivity (Wildman–Crippen MR) is 82.6 cm³/mol. The number of carboxylic acids is 1. The summed E-state index contributed by atoms with van der Waals surface area (Å²) in [6, 6.07) is 12.4. The van der Waals surface area contributed by atoms with E-state index in [0.29, 0.717) is 16.9 Å². The fraction of sp³-hybridized carbons (Fsp3) is 0. The van der Waals surface area contributed by atoms with Crippen molar-refractivity contribution >= 4 is 11.7 Å². The van der Waals surface area contributed by atoms with E-state index in [-0.39, 0.29) is 11.4 Å². The highest BCUT2D eigenvalue weighted by atomic mass is 19.1. The lowest BCUT2D eigenvalue weighted by Gasteiger charge is -2.07. The van der Waals surface area contributed by atoms with Crippen LogP contribution in [0.25, 0.3) is 16.9 Å². The number of nitro groups is 1. The number of aromatic nitrogens is 2. The second-order valence-electron chi connectivity index (χ2n) is 4.91. The fourth-order valence-electron chi connectivity index (χ4n) is 2.22. The summed E-state index contributed by atoms with van der Waals surface area (Å²) in [5, 5.41) is 23.9. The van der Waals surface area contributed by atoms with Crippen molar-refractivity contribution < 1.29 is 19.2 Å². The third-order valence-corrected chi connectivity index (χ3v) is 3.37. The summed E-state index contributed by atoms with van der Waals surface area (Å²) in [6.45, 7) is 0. The summed E-state index contributed by atoms with van der Waals surface area (Å²) in [6.07, 6.45) is 0. The zero-order chi connectivity index (χ0) is 17.3. The van der Waals surface area contributed by atoms with Crippen LogP contribution in [-0.4, -0.2) is 25.8 Å². The molecule has 0 saturated heterocycles. The number of hydrogen-bond acceptors (Lipinski definition) is 4. The maximum absolute atomic E-state index is 13.1. The van der Waals surface area contributed by atoms with Crippen LogP contribution < -0.4 is 0 Å². The molecule has 1 N–H and O–H groups in total. The summed E-state index contributed by atoms with van der Waals surface area (Å²) in [7, 11) is 0. The van der Waals surface area contributed by atoms with Gasteiger partial charge >= 0.3 is 5.97 Å². The molecule has 0 aliphatic rings. The Kier molecular flexibility index (Phi) is 3.78. The Morgan fingerprint density at radius 2 is 1.75 bits per heavy atom. The molecule has 0 aliphatic heterocycles. The van der Waals surface area contributed by atoms with Gasteiger partial charge in [0.1, 0.15) is 5.82 Å². The number of nitrogens with zero attached hydrogens (tertiary/aromatic N) is 3. The number of non-ortho nitro benzene ring substituents is 1. The third-order valence-electron chi connectivity index (χ3n) is 3.37. The molecule has 1 aromatic heterocycles. The third kappa shape index (κ3) is 2.84. The van der Waals surface area contributed by atoms with Crippen LogP contribution in [0.15, 0.2) is 54.6 Å². The maximum Gasteiger partial charge on any atom is 0.356 e. The van der Waals surface area contributed by atoms with Gasteiger partial charge in [-0.05, 0) is 42.5 Å². The van der Waals surface area contributed by atoms with Gasteiger partial charge in [0.2, 0.25) is 0 Å². The Bertz CT molecular complexity index is 918. The molecule has 8 heteroatoms. The maximum atomic E-state index is 13.1. The average molecular weight is 327 g/mol. The first-order chi connectivity index (χ1) is 11.5. The first kappa shape index (κ1) is 15.3. The van der Waals surface area contributed by atoms with Crippen LogP contribution in [0.2, 0.25) is 0 Å². The quantitative estimate of drug-likeness (QED) is 0.585. The van der Waals surface area contributed by atoms with Gasteiger partial charge in [0.25, 0.3) is 5.69 Å². The van der Waals surface area contributed by atoms with Crippen LogP contribution in [0, 0.1) is 15.9 Å². The molecule has 3 aromatic rings. The molecule has 24 heavy (non-hydrogen) atoms. The van der Waals surface area contributed by atoms with E-state index in [1.165, 1.54) is 59.3 Å². The van der Waals surface area contributed by atoms with Crippen LogP contribution >= 0.6 is 0 Å². The van der Waals surface area contributed by atoms with Gasteiger partial charge in [0.15, 0.2) is 5.69 Å². The number of carboxylic acid groups (broad SMARTS) is 1. The van der Waals surface area contributed by atoms with Crippen molar-refractivity contribution in [1.29, 1.82) is 0 Å². The lowest BCUT2D eigenvalue weighted by Crippen LogP contribution is -2.02. The number of rotatable bonds is 4. The normalized spacial score (nSPS) is 10.5. The number of halogens is 1. The Balaban J connectivity index is 2.13. The molecule has 3 rings (SSSR count). The molecule has 1 heterocycles. The zero-order valence-electron chi connectivity index (χ0n) is 12.1. The van der Waals surface area contributed by atoms with E-state index in [4.69, 9.17) is 5.11 Å². The molecule has 2 aromatic carbocycles. The molecular weight excluding hydrogens is 317 g/mol. The lowest BCUT2D eigenvalue weighted by molar-refractivity contribution is -0.384. The van der Waals surface area contributed by atoms with Crippen LogP contribution in [0.4, 0.5) is 10.1 Å².